The Labute approximate surface area is 120 Å². The normalized spacial score (nSPS) is 21.1. The third kappa shape index (κ3) is 4.20. The molecule has 0 radical (unpaired) electrons. The fraction of sp³-hybridized carbons (Fsp3) is 0.867. The van der Waals surface area contributed by atoms with Crippen LogP contribution in [0.25, 0.3) is 0 Å². The molecule has 0 aromatic heterocycles. The van der Waals surface area contributed by atoms with Crippen molar-refractivity contribution in [2.75, 3.05) is 26.2 Å². The van der Waals surface area contributed by atoms with E-state index in [0.29, 0.717) is 18.9 Å². The average Bonchev–Trinajstić information content (AvgIpc) is 3.01. The second kappa shape index (κ2) is 7.62. The van der Waals surface area contributed by atoms with E-state index in [-0.39, 0.29) is 24.3 Å². The van der Waals surface area contributed by atoms with E-state index in [4.69, 9.17) is 5.11 Å². The number of nitrogens with one attached hydrogen (secondary N) is 1. The number of nitrogens with zero attached hydrogens (tertiary/aromatic N) is 1. The first-order chi connectivity index (χ1) is 9.70. The number of amides is 2. The molecule has 2 amide bonds. The van der Waals surface area contributed by atoms with Crippen LogP contribution in [0.3, 0.4) is 0 Å². The third-order valence-electron chi connectivity index (χ3n) is 4.59. The van der Waals surface area contributed by atoms with Gasteiger partial charge < -0.3 is 15.3 Å². The molecule has 0 unspecified atom stereocenters. The molecule has 20 heavy (non-hydrogen) atoms. The van der Waals surface area contributed by atoms with Crippen molar-refractivity contribution in [1.29, 1.82) is 0 Å². The van der Waals surface area contributed by atoms with Crippen LogP contribution in [0.4, 0.5) is 0 Å². The maximum atomic E-state index is 12.0. The Hall–Kier alpha value is -1.10. The summed E-state index contributed by atoms with van der Waals surface area (Å²) in [5.41, 5.74) is 0. The highest BCUT2D eigenvalue weighted by molar-refractivity contribution is 5.80. The minimum Gasteiger partial charge on any atom is -0.396 e. The molecule has 0 aromatic rings. The summed E-state index contributed by atoms with van der Waals surface area (Å²) in [7, 11) is 0. The van der Waals surface area contributed by atoms with Crippen molar-refractivity contribution in [3.8, 4) is 0 Å². The quantitative estimate of drug-likeness (QED) is 0.787. The Bertz CT molecular complexity index is 332. The van der Waals surface area contributed by atoms with Gasteiger partial charge in [0.25, 0.3) is 0 Å². The van der Waals surface area contributed by atoms with Crippen molar-refractivity contribution in [3.05, 3.63) is 0 Å². The molecule has 0 spiro atoms. The van der Waals surface area contributed by atoms with Gasteiger partial charge in [-0.25, -0.2) is 0 Å². The third-order valence-corrected chi connectivity index (χ3v) is 4.59. The molecular weight excluding hydrogens is 256 g/mol. The van der Waals surface area contributed by atoms with Crippen molar-refractivity contribution in [2.24, 2.45) is 11.8 Å². The van der Waals surface area contributed by atoms with Crippen molar-refractivity contribution in [3.63, 3.8) is 0 Å². The molecule has 1 aliphatic heterocycles. The Morgan fingerprint density at radius 3 is 2.35 bits per heavy atom. The highest BCUT2D eigenvalue weighted by Gasteiger charge is 2.24. The van der Waals surface area contributed by atoms with E-state index < -0.39 is 0 Å². The van der Waals surface area contributed by atoms with Crippen LogP contribution in [-0.4, -0.2) is 48.1 Å². The molecule has 0 aromatic carbocycles. The van der Waals surface area contributed by atoms with Crippen LogP contribution in [0, 0.1) is 11.8 Å². The topological polar surface area (TPSA) is 69.6 Å². The fourth-order valence-corrected chi connectivity index (χ4v) is 3.15. The van der Waals surface area contributed by atoms with E-state index in [1.54, 1.807) is 0 Å². The molecule has 5 nitrogen and oxygen atoms in total. The van der Waals surface area contributed by atoms with Crippen LogP contribution in [0.5, 0.6) is 0 Å². The molecule has 2 rings (SSSR count). The molecule has 114 valence electrons. The van der Waals surface area contributed by atoms with Crippen molar-refractivity contribution in [1.82, 2.24) is 10.2 Å². The zero-order chi connectivity index (χ0) is 14.4. The van der Waals surface area contributed by atoms with Gasteiger partial charge in [0.05, 0.1) is 0 Å². The second-order valence-corrected chi connectivity index (χ2v) is 6.03. The first kappa shape index (κ1) is 15.3. The van der Waals surface area contributed by atoms with Crippen LogP contribution in [-0.2, 0) is 9.59 Å². The predicted molar refractivity (Wildman–Crippen MR) is 76.0 cm³/mol. The van der Waals surface area contributed by atoms with Gasteiger partial charge in [0.15, 0.2) is 0 Å². The van der Waals surface area contributed by atoms with Gasteiger partial charge in [-0.3, -0.25) is 9.59 Å². The molecular formula is C15H26N2O3. The van der Waals surface area contributed by atoms with Crippen LogP contribution in [0.1, 0.15) is 44.9 Å². The van der Waals surface area contributed by atoms with Gasteiger partial charge in [-0.2, -0.15) is 0 Å². The van der Waals surface area contributed by atoms with E-state index >= 15 is 0 Å². The number of aliphatic hydroxyl groups excluding tert-OH is 1. The number of hydrogen-bond donors (Lipinski definition) is 2. The molecule has 2 fully saturated rings. The zero-order valence-electron chi connectivity index (χ0n) is 12.1. The van der Waals surface area contributed by atoms with Gasteiger partial charge in [-0.05, 0) is 31.6 Å². The SMILES string of the molecule is O=C(NCCC(=O)N1CCC(CO)CC1)C1CCCC1. The Balaban J connectivity index is 1.61. The summed E-state index contributed by atoms with van der Waals surface area (Å²) in [5.74, 6) is 0.758. The summed E-state index contributed by atoms with van der Waals surface area (Å²) in [4.78, 5) is 25.7. The summed E-state index contributed by atoms with van der Waals surface area (Å²) >= 11 is 0. The van der Waals surface area contributed by atoms with E-state index in [1.165, 1.54) is 0 Å². The predicted octanol–water partition coefficient (Wildman–Crippen LogP) is 0.914. The van der Waals surface area contributed by atoms with E-state index in [2.05, 4.69) is 5.32 Å². The summed E-state index contributed by atoms with van der Waals surface area (Å²) in [6.45, 7) is 2.15. The van der Waals surface area contributed by atoms with Gasteiger partial charge in [-0.15, -0.1) is 0 Å². The second-order valence-electron chi connectivity index (χ2n) is 6.03. The van der Waals surface area contributed by atoms with Crippen LogP contribution >= 0.6 is 0 Å². The van der Waals surface area contributed by atoms with E-state index in [9.17, 15) is 9.59 Å². The summed E-state index contributed by atoms with van der Waals surface area (Å²) in [6, 6.07) is 0. The Kier molecular flexibility index (Phi) is 5.83. The Morgan fingerprint density at radius 1 is 1.10 bits per heavy atom. The lowest BCUT2D eigenvalue weighted by Gasteiger charge is -2.31. The molecule has 0 atom stereocenters. The standard InChI is InChI=1S/C15H26N2O3/c18-11-12-6-9-17(10-7-12)14(19)5-8-16-15(20)13-3-1-2-4-13/h12-13,18H,1-11H2,(H,16,20). The molecule has 5 heteroatoms. The number of likely N-dealkylation sites (tertiary alicyclic amines) is 1. The lowest BCUT2D eigenvalue weighted by molar-refractivity contribution is -0.132. The van der Waals surface area contributed by atoms with Crippen LogP contribution < -0.4 is 5.32 Å². The van der Waals surface area contributed by atoms with Crippen molar-refractivity contribution < 1.29 is 14.7 Å². The lowest BCUT2D eigenvalue weighted by Crippen LogP contribution is -2.41. The largest absolute Gasteiger partial charge is 0.396 e. The Morgan fingerprint density at radius 2 is 1.75 bits per heavy atom. The fourth-order valence-electron chi connectivity index (χ4n) is 3.15. The van der Waals surface area contributed by atoms with Gasteiger partial charge >= 0.3 is 0 Å². The van der Waals surface area contributed by atoms with Gasteiger partial charge in [0, 0.05) is 38.6 Å². The monoisotopic (exact) mass is 282 g/mol. The summed E-state index contributed by atoms with van der Waals surface area (Å²) in [5, 5.41) is 12.0. The molecule has 1 heterocycles. The molecule has 1 saturated carbocycles. The minimum atomic E-state index is 0.119. The molecule has 0 bridgehead atoms. The van der Waals surface area contributed by atoms with Crippen molar-refractivity contribution in [2.45, 2.75) is 44.9 Å². The van der Waals surface area contributed by atoms with Gasteiger partial charge in [-0.1, -0.05) is 12.8 Å². The molecule has 1 saturated heterocycles. The van der Waals surface area contributed by atoms with Crippen LogP contribution in [0.2, 0.25) is 0 Å². The zero-order valence-corrected chi connectivity index (χ0v) is 12.1. The number of rotatable bonds is 5. The summed E-state index contributed by atoms with van der Waals surface area (Å²) < 4.78 is 0. The van der Waals surface area contributed by atoms with Crippen molar-refractivity contribution >= 4 is 11.8 Å². The van der Waals surface area contributed by atoms with E-state index in [1.807, 2.05) is 4.90 Å². The first-order valence-corrected chi connectivity index (χ1v) is 7.87. The average molecular weight is 282 g/mol. The number of carbonyl (C=O) groups excluding carboxylic acids is 2. The highest BCUT2D eigenvalue weighted by Crippen LogP contribution is 2.24. The first-order valence-electron chi connectivity index (χ1n) is 7.87. The smallest absolute Gasteiger partial charge is 0.224 e. The minimum absolute atomic E-state index is 0.119. The number of aliphatic hydroxyl groups is 1. The molecule has 1 aliphatic carbocycles. The number of piperidine rings is 1. The van der Waals surface area contributed by atoms with Crippen LogP contribution in [0.15, 0.2) is 0 Å². The molecule has 2 aliphatic rings. The lowest BCUT2D eigenvalue weighted by atomic mass is 9.98. The summed E-state index contributed by atoms with van der Waals surface area (Å²) in [6.07, 6.45) is 6.45. The number of carbonyl (C=O) groups is 2. The number of hydrogen-bond acceptors (Lipinski definition) is 3. The highest BCUT2D eigenvalue weighted by atomic mass is 16.3. The van der Waals surface area contributed by atoms with Gasteiger partial charge in [0.1, 0.15) is 0 Å². The maximum Gasteiger partial charge on any atom is 0.224 e. The van der Waals surface area contributed by atoms with E-state index in [0.717, 1.165) is 51.6 Å². The van der Waals surface area contributed by atoms with Gasteiger partial charge in [0.2, 0.25) is 11.8 Å². The maximum absolute atomic E-state index is 12.0. The molecule has 2 N–H and O–H groups in total.